The number of hydrogen-bond acceptors (Lipinski definition) is 1. The van der Waals surface area contributed by atoms with Crippen molar-refractivity contribution >= 4 is 31.9 Å². The minimum absolute atomic E-state index is 0.383. The molecule has 9 heavy (non-hydrogen) atoms. The second kappa shape index (κ2) is 5.69. The second-order valence-corrected chi connectivity index (χ2v) is 5.33. The van der Waals surface area contributed by atoms with Gasteiger partial charge in [-0.2, -0.15) is 0 Å². The van der Waals surface area contributed by atoms with Crippen molar-refractivity contribution < 1.29 is 4.74 Å². The molecule has 0 aliphatic rings. The van der Waals surface area contributed by atoms with Crippen molar-refractivity contribution in [3.63, 3.8) is 0 Å². The summed E-state index contributed by atoms with van der Waals surface area (Å²) in [6.07, 6.45) is 2.48. The van der Waals surface area contributed by atoms with Crippen LogP contribution in [0.2, 0.25) is 0 Å². The first-order chi connectivity index (χ1) is 4.20. The highest BCUT2D eigenvalue weighted by Crippen LogP contribution is 2.17. The Morgan fingerprint density at radius 1 is 1.44 bits per heavy atom. The Bertz CT molecular complexity index is 62.1. The number of ether oxygens (including phenoxy) is 1. The molecule has 1 unspecified atom stereocenters. The first kappa shape index (κ1) is 9.92. The van der Waals surface area contributed by atoms with Crippen LogP contribution in [0.4, 0.5) is 0 Å². The van der Waals surface area contributed by atoms with Crippen molar-refractivity contribution in [2.75, 3.05) is 7.11 Å². The van der Waals surface area contributed by atoms with Gasteiger partial charge >= 0.3 is 0 Å². The third-order valence-corrected chi connectivity index (χ3v) is 1.98. The molecular formula is C6H12Br2O. The molecule has 0 aliphatic heterocycles. The predicted octanol–water partition coefficient (Wildman–Crippen LogP) is 2.92. The second-order valence-electron chi connectivity index (χ2n) is 1.89. The molecule has 0 saturated heterocycles. The summed E-state index contributed by atoms with van der Waals surface area (Å²) < 4.78 is 5.53. The molecule has 1 nitrogen and oxygen atoms in total. The van der Waals surface area contributed by atoms with Crippen LogP contribution in [0.25, 0.3) is 0 Å². The normalized spacial score (nSPS) is 14.3. The van der Waals surface area contributed by atoms with E-state index < -0.39 is 0 Å². The molecule has 0 bridgehead atoms. The third-order valence-electron chi connectivity index (χ3n) is 1.23. The number of rotatable bonds is 4. The third kappa shape index (κ3) is 5.37. The Hall–Kier alpha value is 0.920. The molecule has 0 aromatic carbocycles. The van der Waals surface area contributed by atoms with Gasteiger partial charge in [0, 0.05) is 7.11 Å². The Morgan fingerprint density at radius 3 is 2.11 bits per heavy atom. The lowest BCUT2D eigenvalue weighted by Gasteiger charge is -2.12. The molecule has 0 radical (unpaired) electrons. The first-order valence-electron chi connectivity index (χ1n) is 3.01. The van der Waals surface area contributed by atoms with Crippen LogP contribution < -0.4 is 0 Å². The van der Waals surface area contributed by atoms with Crippen LogP contribution in [0.5, 0.6) is 0 Å². The van der Waals surface area contributed by atoms with Gasteiger partial charge in [-0.1, -0.05) is 38.8 Å². The fourth-order valence-electron chi connectivity index (χ4n) is 0.628. The van der Waals surface area contributed by atoms with E-state index in [1.54, 1.807) is 7.11 Å². The summed E-state index contributed by atoms with van der Waals surface area (Å²) in [4.78, 5) is 0. The van der Waals surface area contributed by atoms with Gasteiger partial charge < -0.3 is 4.74 Å². The molecule has 0 saturated carbocycles. The number of methoxy groups -OCH3 is 1. The van der Waals surface area contributed by atoms with Gasteiger partial charge in [0.15, 0.2) is 0 Å². The summed E-state index contributed by atoms with van der Waals surface area (Å²) in [7, 11) is 1.75. The van der Waals surface area contributed by atoms with Gasteiger partial charge in [-0.3, -0.25) is 0 Å². The first-order valence-corrected chi connectivity index (χ1v) is 4.84. The van der Waals surface area contributed by atoms with Gasteiger partial charge in [0.2, 0.25) is 0 Å². The van der Waals surface area contributed by atoms with Gasteiger partial charge in [-0.05, 0) is 12.8 Å². The van der Waals surface area contributed by atoms with Gasteiger partial charge in [-0.25, -0.2) is 0 Å². The maximum atomic E-state index is 5.15. The Kier molecular flexibility index (Phi) is 6.27. The molecule has 0 fully saturated rings. The fourth-order valence-corrected chi connectivity index (χ4v) is 1.46. The molecule has 1 atom stereocenters. The summed E-state index contributed by atoms with van der Waals surface area (Å²) in [5.74, 6) is 0. The Labute approximate surface area is 73.4 Å². The molecular weight excluding hydrogens is 248 g/mol. The summed E-state index contributed by atoms with van der Waals surface area (Å²) in [6.45, 7) is 2.12. The van der Waals surface area contributed by atoms with Gasteiger partial charge in [0.1, 0.15) is 0 Å². The van der Waals surface area contributed by atoms with Crippen LogP contribution in [-0.4, -0.2) is 17.0 Å². The Balaban J connectivity index is 3.31. The van der Waals surface area contributed by atoms with E-state index in [-0.39, 0.29) is 0 Å². The lowest BCUT2D eigenvalue weighted by molar-refractivity contribution is 0.0964. The zero-order valence-electron chi connectivity index (χ0n) is 5.73. The molecule has 56 valence electrons. The summed E-state index contributed by atoms with van der Waals surface area (Å²) in [5, 5.41) is 0. The lowest BCUT2D eigenvalue weighted by Crippen LogP contribution is -2.11. The number of alkyl halides is 2. The minimum atomic E-state index is 0.383. The zero-order chi connectivity index (χ0) is 7.28. The average molecular weight is 260 g/mol. The van der Waals surface area contributed by atoms with E-state index in [1.807, 2.05) is 0 Å². The van der Waals surface area contributed by atoms with Gasteiger partial charge in [0.25, 0.3) is 0 Å². The standard InChI is InChI=1S/C6H12Br2O/c1-3-5(9-2)4-6(7)8/h5-6H,3-4H2,1-2H3. The van der Waals surface area contributed by atoms with Crippen LogP contribution in [0.3, 0.4) is 0 Å². The van der Waals surface area contributed by atoms with Crippen molar-refractivity contribution in [3.8, 4) is 0 Å². The summed E-state index contributed by atoms with van der Waals surface area (Å²) in [5.41, 5.74) is 0. The van der Waals surface area contributed by atoms with Crippen LogP contribution in [-0.2, 0) is 4.74 Å². The highest BCUT2D eigenvalue weighted by atomic mass is 79.9. The Morgan fingerprint density at radius 2 is 2.00 bits per heavy atom. The van der Waals surface area contributed by atoms with Gasteiger partial charge in [-0.15, -0.1) is 0 Å². The topological polar surface area (TPSA) is 9.23 Å². The zero-order valence-corrected chi connectivity index (χ0v) is 8.91. The molecule has 0 heterocycles. The minimum Gasteiger partial charge on any atom is -0.381 e. The molecule has 3 heteroatoms. The van der Waals surface area contributed by atoms with Gasteiger partial charge in [0.05, 0.1) is 9.84 Å². The molecule has 0 aliphatic carbocycles. The number of hydrogen-bond donors (Lipinski definition) is 0. The lowest BCUT2D eigenvalue weighted by atomic mass is 10.2. The monoisotopic (exact) mass is 258 g/mol. The molecule has 0 rings (SSSR count). The van der Waals surface area contributed by atoms with Crippen LogP contribution in [0.1, 0.15) is 19.8 Å². The maximum Gasteiger partial charge on any atom is 0.0722 e. The fraction of sp³-hybridized carbons (Fsp3) is 1.00. The number of halogens is 2. The average Bonchev–Trinajstić information content (AvgIpc) is 1.82. The van der Waals surface area contributed by atoms with Crippen molar-refractivity contribution in [1.29, 1.82) is 0 Å². The predicted molar refractivity (Wildman–Crippen MR) is 47.3 cm³/mol. The maximum absolute atomic E-state index is 5.15. The summed E-state index contributed by atoms with van der Waals surface area (Å²) >= 11 is 6.79. The molecule has 0 N–H and O–H groups in total. The van der Waals surface area contributed by atoms with E-state index in [2.05, 4.69) is 38.8 Å². The largest absolute Gasteiger partial charge is 0.381 e. The van der Waals surface area contributed by atoms with Crippen LogP contribution in [0.15, 0.2) is 0 Å². The highest BCUT2D eigenvalue weighted by molar-refractivity contribution is 9.24. The van der Waals surface area contributed by atoms with E-state index in [4.69, 9.17) is 4.74 Å². The molecule has 0 aromatic rings. The molecule has 0 amide bonds. The smallest absolute Gasteiger partial charge is 0.0722 e. The van der Waals surface area contributed by atoms with Crippen molar-refractivity contribution in [2.24, 2.45) is 0 Å². The van der Waals surface area contributed by atoms with Crippen molar-refractivity contribution in [3.05, 3.63) is 0 Å². The SMILES string of the molecule is CCC(CC(Br)Br)OC. The van der Waals surface area contributed by atoms with Crippen molar-refractivity contribution in [1.82, 2.24) is 0 Å². The molecule has 0 spiro atoms. The summed E-state index contributed by atoms with van der Waals surface area (Å²) in [6, 6.07) is 0. The molecule has 0 aromatic heterocycles. The van der Waals surface area contributed by atoms with Crippen molar-refractivity contribution in [2.45, 2.75) is 29.6 Å². The van der Waals surface area contributed by atoms with E-state index in [0.29, 0.717) is 9.84 Å². The quantitative estimate of drug-likeness (QED) is 0.706. The highest BCUT2D eigenvalue weighted by Gasteiger charge is 2.07. The van der Waals surface area contributed by atoms with Crippen LogP contribution >= 0.6 is 31.9 Å². The van der Waals surface area contributed by atoms with Crippen LogP contribution in [0, 0.1) is 0 Å². The van der Waals surface area contributed by atoms with E-state index in [9.17, 15) is 0 Å². The van der Waals surface area contributed by atoms with E-state index in [0.717, 1.165) is 12.8 Å². The van der Waals surface area contributed by atoms with E-state index in [1.165, 1.54) is 0 Å². The van der Waals surface area contributed by atoms with E-state index >= 15 is 0 Å².